The van der Waals surface area contributed by atoms with Crippen molar-refractivity contribution in [2.24, 2.45) is 0 Å². The standard InChI is InChI=1S/C20H24N4O3/c1-3-27-20(26)24-12-10-23(11-13-24)17-8-9-18(21-14-17)22-19(25)16-6-4-15(2)5-7-16/h4-9,14H,3,10-13H2,1-2H3,(H,21,22,25). The number of aryl methyl sites for hydroxylation is 1. The Hall–Kier alpha value is -3.09. The van der Waals surface area contributed by atoms with Gasteiger partial charge >= 0.3 is 6.09 Å². The van der Waals surface area contributed by atoms with E-state index in [1.165, 1.54) is 0 Å². The Morgan fingerprint density at radius 3 is 2.37 bits per heavy atom. The Morgan fingerprint density at radius 2 is 1.78 bits per heavy atom. The summed E-state index contributed by atoms with van der Waals surface area (Å²) in [6.45, 7) is 6.84. The maximum absolute atomic E-state index is 12.3. The summed E-state index contributed by atoms with van der Waals surface area (Å²) in [6, 6.07) is 11.1. The second kappa shape index (κ2) is 8.53. The second-order valence-corrected chi connectivity index (χ2v) is 6.39. The fourth-order valence-electron chi connectivity index (χ4n) is 2.90. The number of benzene rings is 1. The van der Waals surface area contributed by atoms with Crippen LogP contribution in [0.1, 0.15) is 22.8 Å². The van der Waals surface area contributed by atoms with Crippen LogP contribution in [-0.2, 0) is 4.74 Å². The molecule has 7 heteroatoms. The number of carbonyl (C=O) groups is 2. The van der Waals surface area contributed by atoms with Crippen LogP contribution in [0.15, 0.2) is 42.6 Å². The molecule has 27 heavy (non-hydrogen) atoms. The molecular weight excluding hydrogens is 344 g/mol. The first-order valence-corrected chi connectivity index (χ1v) is 9.07. The van der Waals surface area contributed by atoms with Gasteiger partial charge in [-0.05, 0) is 38.1 Å². The number of pyridine rings is 1. The van der Waals surface area contributed by atoms with Gasteiger partial charge in [0.25, 0.3) is 5.91 Å². The number of amides is 2. The summed E-state index contributed by atoms with van der Waals surface area (Å²) < 4.78 is 5.03. The van der Waals surface area contributed by atoms with Gasteiger partial charge in [0.2, 0.25) is 0 Å². The minimum absolute atomic E-state index is 0.182. The fraction of sp³-hybridized carbons (Fsp3) is 0.350. The third-order valence-corrected chi connectivity index (χ3v) is 4.47. The number of nitrogens with zero attached hydrogens (tertiary/aromatic N) is 3. The van der Waals surface area contributed by atoms with Crippen LogP contribution in [0.2, 0.25) is 0 Å². The molecule has 2 amide bonds. The monoisotopic (exact) mass is 368 g/mol. The first-order chi connectivity index (χ1) is 13.1. The molecule has 2 aromatic rings. The summed E-state index contributed by atoms with van der Waals surface area (Å²) in [7, 11) is 0. The van der Waals surface area contributed by atoms with E-state index in [4.69, 9.17) is 4.74 Å². The Morgan fingerprint density at radius 1 is 1.07 bits per heavy atom. The predicted octanol–water partition coefficient (Wildman–Crippen LogP) is 2.92. The van der Waals surface area contributed by atoms with Gasteiger partial charge in [-0.15, -0.1) is 0 Å². The van der Waals surface area contributed by atoms with Crippen molar-refractivity contribution in [1.82, 2.24) is 9.88 Å². The highest BCUT2D eigenvalue weighted by Crippen LogP contribution is 2.18. The number of hydrogen-bond acceptors (Lipinski definition) is 5. The topological polar surface area (TPSA) is 74.8 Å². The maximum Gasteiger partial charge on any atom is 0.409 e. The lowest BCUT2D eigenvalue weighted by atomic mass is 10.1. The zero-order valence-corrected chi connectivity index (χ0v) is 15.6. The van der Waals surface area contributed by atoms with Crippen LogP contribution in [0, 0.1) is 6.92 Å². The zero-order chi connectivity index (χ0) is 19.2. The highest BCUT2D eigenvalue weighted by atomic mass is 16.6. The average Bonchev–Trinajstić information content (AvgIpc) is 2.69. The van der Waals surface area contributed by atoms with E-state index < -0.39 is 0 Å². The average molecular weight is 368 g/mol. The van der Waals surface area contributed by atoms with Crippen LogP contribution in [0.5, 0.6) is 0 Å². The summed E-state index contributed by atoms with van der Waals surface area (Å²) in [5, 5.41) is 2.81. The molecule has 1 N–H and O–H groups in total. The highest BCUT2D eigenvalue weighted by molar-refractivity contribution is 6.03. The summed E-state index contributed by atoms with van der Waals surface area (Å²) >= 11 is 0. The molecule has 0 spiro atoms. The van der Waals surface area contributed by atoms with Gasteiger partial charge < -0.3 is 19.9 Å². The molecule has 0 aliphatic carbocycles. The number of nitrogens with one attached hydrogen (secondary N) is 1. The molecule has 3 rings (SSSR count). The molecule has 142 valence electrons. The van der Waals surface area contributed by atoms with Crippen LogP contribution in [0.4, 0.5) is 16.3 Å². The minimum atomic E-state index is -0.260. The Bertz CT molecular complexity index is 782. The number of carbonyl (C=O) groups excluding carboxylic acids is 2. The van der Waals surface area contributed by atoms with Crippen LogP contribution < -0.4 is 10.2 Å². The Kier molecular flexibility index (Phi) is 5.90. The Balaban J connectivity index is 1.55. The summed E-state index contributed by atoms with van der Waals surface area (Å²) in [4.78, 5) is 32.2. The molecule has 0 atom stereocenters. The molecule has 1 aliphatic rings. The van der Waals surface area contributed by atoms with E-state index in [9.17, 15) is 9.59 Å². The third kappa shape index (κ3) is 4.75. The minimum Gasteiger partial charge on any atom is -0.450 e. The highest BCUT2D eigenvalue weighted by Gasteiger charge is 2.22. The molecule has 0 bridgehead atoms. The van der Waals surface area contributed by atoms with Crippen molar-refractivity contribution in [2.75, 3.05) is 43.0 Å². The van der Waals surface area contributed by atoms with Gasteiger partial charge in [-0.1, -0.05) is 17.7 Å². The molecule has 0 unspecified atom stereocenters. The second-order valence-electron chi connectivity index (χ2n) is 6.39. The van der Waals surface area contributed by atoms with E-state index in [0.29, 0.717) is 31.1 Å². The van der Waals surface area contributed by atoms with Crippen molar-refractivity contribution in [3.63, 3.8) is 0 Å². The van der Waals surface area contributed by atoms with Gasteiger partial charge in [-0.25, -0.2) is 9.78 Å². The van der Waals surface area contributed by atoms with Gasteiger partial charge in [-0.3, -0.25) is 4.79 Å². The molecular formula is C20H24N4O3. The lowest BCUT2D eigenvalue weighted by molar-refractivity contribution is 0.102. The lowest BCUT2D eigenvalue weighted by Crippen LogP contribution is -2.49. The van der Waals surface area contributed by atoms with Gasteiger partial charge in [0.05, 0.1) is 18.5 Å². The van der Waals surface area contributed by atoms with Crippen molar-refractivity contribution in [1.29, 1.82) is 0 Å². The summed E-state index contributed by atoms with van der Waals surface area (Å²) in [5.74, 6) is 0.327. The normalized spacial score (nSPS) is 14.0. The predicted molar refractivity (Wildman–Crippen MR) is 104 cm³/mol. The number of anilines is 2. The largest absolute Gasteiger partial charge is 0.450 e. The van der Waals surface area contributed by atoms with Crippen molar-refractivity contribution < 1.29 is 14.3 Å². The number of piperazine rings is 1. The number of hydrogen-bond donors (Lipinski definition) is 1. The molecule has 0 radical (unpaired) electrons. The van der Waals surface area contributed by atoms with E-state index in [1.807, 2.05) is 25.1 Å². The fourth-order valence-corrected chi connectivity index (χ4v) is 2.90. The maximum atomic E-state index is 12.3. The molecule has 2 heterocycles. The molecule has 1 fully saturated rings. The quantitative estimate of drug-likeness (QED) is 0.898. The molecule has 1 aromatic carbocycles. The smallest absolute Gasteiger partial charge is 0.409 e. The zero-order valence-electron chi connectivity index (χ0n) is 15.6. The van der Waals surface area contributed by atoms with Crippen LogP contribution >= 0.6 is 0 Å². The van der Waals surface area contributed by atoms with E-state index in [-0.39, 0.29) is 12.0 Å². The molecule has 1 saturated heterocycles. The summed E-state index contributed by atoms with van der Waals surface area (Å²) in [5.41, 5.74) is 2.67. The molecule has 7 nitrogen and oxygen atoms in total. The van der Waals surface area contributed by atoms with Crippen molar-refractivity contribution in [2.45, 2.75) is 13.8 Å². The number of aromatic nitrogens is 1. The number of ether oxygens (including phenoxy) is 1. The Labute approximate surface area is 158 Å². The first-order valence-electron chi connectivity index (χ1n) is 9.07. The SMILES string of the molecule is CCOC(=O)N1CCN(c2ccc(NC(=O)c3ccc(C)cc3)nc2)CC1. The van der Waals surface area contributed by atoms with Gasteiger partial charge in [-0.2, -0.15) is 0 Å². The summed E-state index contributed by atoms with van der Waals surface area (Å²) in [6.07, 6.45) is 1.48. The van der Waals surface area contributed by atoms with Crippen LogP contribution in [0.25, 0.3) is 0 Å². The van der Waals surface area contributed by atoms with Crippen molar-refractivity contribution >= 4 is 23.5 Å². The van der Waals surface area contributed by atoms with Crippen LogP contribution in [-0.4, -0.2) is 54.7 Å². The van der Waals surface area contributed by atoms with Gasteiger partial charge in [0.15, 0.2) is 0 Å². The molecule has 0 saturated carbocycles. The number of rotatable bonds is 4. The first kappa shape index (κ1) is 18.7. The third-order valence-electron chi connectivity index (χ3n) is 4.47. The van der Waals surface area contributed by atoms with E-state index in [1.54, 1.807) is 36.2 Å². The molecule has 1 aliphatic heterocycles. The van der Waals surface area contributed by atoms with Crippen LogP contribution in [0.3, 0.4) is 0 Å². The van der Waals surface area contributed by atoms with Crippen molar-refractivity contribution in [3.8, 4) is 0 Å². The van der Waals surface area contributed by atoms with Gasteiger partial charge in [0, 0.05) is 31.7 Å². The molecule has 1 aromatic heterocycles. The van der Waals surface area contributed by atoms with Gasteiger partial charge in [0.1, 0.15) is 5.82 Å². The van der Waals surface area contributed by atoms with E-state index in [2.05, 4.69) is 15.2 Å². The lowest BCUT2D eigenvalue weighted by Gasteiger charge is -2.35. The van der Waals surface area contributed by atoms with E-state index in [0.717, 1.165) is 24.3 Å². The van der Waals surface area contributed by atoms with Crippen molar-refractivity contribution in [3.05, 3.63) is 53.7 Å². The van der Waals surface area contributed by atoms with E-state index >= 15 is 0 Å².